The Labute approximate surface area is 116 Å². The van der Waals surface area contributed by atoms with Gasteiger partial charge in [-0.15, -0.1) is 0 Å². The van der Waals surface area contributed by atoms with E-state index in [0.29, 0.717) is 0 Å². The fraction of sp³-hybridized carbons (Fsp3) is 0.562. The minimum absolute atomic E-state index is 0.113. The molecule has 0 aliphatic rings. The Kier molecular flexibility index (Phi) is 5.12. The zero-order valence-electron chi connectivity index (χ0n) is 12.8. The van der Waals surface area contributed by atoms with E-state index in [0.717, 1.165) is 0 Å². The van der Waals surface area contributed by atoms with Gasteiger partial charge in [0.15, 0.2) is 0 Å². The van der Waals surface area contributed by atoms with E-state index in [1.165, 1.54) is 11.1 Å². The van der Waals surface area contributed by atoms with Crippen LogP contribution in [0.3, 0.4) is 0 Å². The highest BCUT2D eigenvalue weighted by Crippen LogP contribution is 2.15. The second-order valence-electron chi connectivity index (χ2n) is 6.06. The number of carbonyl (C=O) groups is 1. The SMILES string of the molecule is Cc1cccc([C@@H](C)NC(C)C(=O)OC(C)(C)C)c1. The largest absolute Gasteiger partial charge is 0.459 e. The van der Waals surface area contributed by atoms with Crippen molar-refractivity contribution in [3.05, 3.63) is 35.4 Å². The van der Waals surface area contributed by atoms with E-state index < -0.39 is 5.60 Å². The van der Waals surface area contributed by atoms with Gasteiger partial charge in [-0.1, -0.05) is 29.8 Å². The van der Waals surface area contributed by atoms with Crippen molar-refractivity contribution >= 4 is 5.97 Å². The van der Waals surface area contributed by atoms with Crippen LogP contribution >= 0.6 is 0 Å². The predicted molar refractivity (Wildman–Crippen MR) is 78.0 cm³/mol. The maximum atomic E-state index is 11.9. The highest BCUT2D eigenvalue weighted by Gasteiger charge is 2.22. The van der Waals surface area contributed by atoms with Crippen molar-refractivity contribution in [1.82, 2.24) is 5.32 Å². The van der Waals surface area contributed by atoms with Crippen LogP contribution < -0.4 is 5.32 Å². The van der Waals surface area contributed by atoms with E-state index in [1.54, 1.807) is 0 Å². The third kappa shape index (κ3) is 5.43. The Morgan fingerprint density at radius 1 is 1.26 bits per heavy atom. The van der Waals surface area contributed by atoms with Crippen molar-refractivity contribution in [2.75, 3.05) is 0 Å². The molecule has 0 fully saturated rings. The zero-order chi connectivity index (χ0) is 14.6. The molecule has 2 atom stereocenters. The van der Waals surface area contributed by atoms with Gasteiger partial charge in [-0.3, -0.25) is 10.1 Å². The van der Waals surface area contributed by atoms with Gasteiger partial charge >= 0.3 is 5.97 Å². The van der Waals surface area contributed by atoms with E-state index in [9.17, 15) is 4.79 Å². The van der Waals surface area contributed by atoms with Gasteiger partial charge in [0.2, 0.25) is 0 Å². The third-order valence-corrected chi connectivity index (χ3v) is 2.80. The van der Waals surface area contributed by atoms with Crippen LogP contribution in [0.5, 0.6) is 0 Å². The molecular formula is C16H25NO2. The number of ether oxygens (including phenoxy) is 1. The summed E-state index contributed by atoms with van der Waals surface area (Å²) < 4.78 is 5.36. The lowest BCUT2D eigenvalue weighted by Gasteiger charge is -2.25. The molecule has 0 aromatic heterocycles. The Hall–Kier alpha value is -1.35. The lowest BCUT2D eigenvalue weighted by atomic mass is 10.1. The first kappa shape index (κ1) is 15.7. The molecule has 1 unspecified atom stereocenters. The number of hydrogen-bond donors (Lipinski definition) is 1. The summed E-state index contributed by atoms with van der Waals surface area (Å²) in [4.78, 5) is 11.9. The van der Waals surface area contributed by atoms with E-state index in [1.807, 2.05) is 33.8 Å². The third-order valence-electron chi connectivity index (χ3n) is 2.80. The van der Waals surface area contributed by atoms with Crippen LogP contribution in [0.4, 0.5) is 0 Å². The predicted octanol–water partition coefficient (Wildman–Crippen LogP) is 3.38. The molecule has 0 heterocycles. The van der Waals surface area contributed by atoms with Crippen LogP contribution in [0.2, 0.25) is 0 Å². The summed E-state index contributed by atoms with van der Waals surface area (Å²) in [7, 11) is 0. The number of nitrogens with one attached hydrogen (secondary N) is 1. The molecule has 19 heavy (non-hydrogen) atoms. The van der Waals surface area contributed by atoms with Crippen LogP contribution in [-0.2, 0) is 9.53 Å². The molecule has 1 aromatic rings. The van der Waals surface area contributed by atoms with Crippen molar-refractivity contribution in [3.8, 4) is 0 Å². The molecule has 1 N–H and O–H groups in total. The molecule has 3 nitrogen and oxygen atoms in total. The first-order valence-corrected chi connectivity index (χ1v) is 6.74. The molecular weight excluding hydrogens is 238 g/mol. The van der Waals surface area contributed by atoms with Crippen molar-refractivity contribution in [3.63, 3.8) is 0 Å². The fourth-order valence-electron chi connectivity index (χ4n) is 1.87. The fourth-order valence-corrected chi connectivity index (χ4v) is 1.87. The standard InChI is InChI=1S/C16H25NO2/c1-11-8-7-9-14(10-11)12(2)17-13(3)15(18)19-16(4,5)6/h7-10,12-13,17H,1-6H3/t12-,13?/m1/s1. The Bertz CT molecular complexity index is 435. The second-order valence-corrected chi connectivity index (χ2v) is 6.06. The molecule has 1 aromatic carbocycles. The summed E-state index contributed by atoms with van der Waals surface area (Å²) in [5.74, 6) is -0.216. The number of benzene rings is 1. The molecule has 0 spiro atoms. The Balaban J connectivity index is 2.61. The smallest absolute Gasteiger partial charge is 0.323 e. The quantitative estimate of drug-likeness (QED) is 0.846. The topological polar surface area (TPSA) is 38.3 Å². The average molecular weight is 263 g/mol. The average Bonchev–Trinajstić information content (AvgIpc) is 2.26. The molecule has 0 saturated heterocycles. The van der Waals surface area contributed by atoms with E-state index >= 15 is 0 Å². The lowest BCUT2D eigenvalue weighted by molar-refractivity contribution is -0.157. The summed E-state index contributed by atoms with van der Waals surface area (Å²) >= 11 is 0. The minimum atomic E-state index is -0.445. The number of esters is 1. The maximum Gasteiger partial charge on any atom is 0.323 e. The highest BCUT2D eigenvalue weighted by atomic mass is 16.6. The molecule has 0 radical (unpaired) electrons. The highest BCUT2D eigenvalue weighted by molar-refractivity contribution is 5.75. The van der Waals surface area contributed by atoms with Crippen molar-refractivity contribution in [1.29, 1.82) is 0 Å². The van der Waals surface area contributed by atoms with E-state index in [-0.39, 0.29) is 18.1 Å². The lowest BCUT2D eigenvalue weighted by Crippen LogP contribution is -2.40. The summed E-state index contributed by atoms with van der Waals surface area (Å²) in [5.41, 5.74) is 1.95. The summed E-state index contributed by atoms with van der Waals surface area (Å²) in [5, 5.41) is 3.27. The molecule has 106 valence electrons. The zero-order valence-corrected chi connectivity index (χ0v) is 12.8. The van der Waals surface area contributed by atoms with Crippen molar-refractivity contribution in [2.24, 2.45) is 0 Å². The monoisotopic (exact) mass is 263 g/mol. The minimum Gasteiger partial charge on any atom is -0.459 e. The van der Waals surface area contributed by atoms with Gasteiger partial charge in [-0.05, 0) is 47.1 Å². The van der Waals surface area contributed by atoms with Crippen molar-refractivity contribution in [2.45, 2.75) is 59.2 Å². The number of rotatable bonds is 4. The summed E-state index contributed by atoms with van der Waals surface area (Å²) in [6.07, 6.45) is 0. The molecule has 0 amide bonds. The first-order valence-electron chi connectivity index (χ1n) is 6.74. The van der Waals surface area contributed by atoms with Gasteiger partial charge in [-0.25, -0.2) is 0 Å². The van der Waals surface area contributed by atoms with E-state index in [2.05, 4.69) is 37.4 Å². The Morgan fingerprint density at radius 3 is 2.42 bits per heavy atom. The van der Waals surface area contributed by atoms with Gasteiger partial charge < -0.3 is 4.74 Å². The van der Waals surface area contributed by atoms with Gasteiger partial charge in [0.05, 0.1) is 0 Å². The molecule has 0 saturated carbocycles. The molecule has 3 heteroatoms. The van der Waals surface area contributed by atoms with Crippen LogP contribution in [0, 0.1) is 6.92 Å². The van der Waals surface area contributed by atoms with Crippen LogP contribution in [0.15, 0.2) is 24.3 Å². The Morgan fingerprint density at radius 2 is 1.89 bits per heavy atom. The number of carbonyl (C=O) groups excluding carboxylic acids is 1. The van der Waals surface area contributed by atoms with Gasteiger partial charge in [0, 0.05) is 6.04 Å². The molecule has 1 rings (SSSR count). The van der Waals surface area contributed by atoms with Gasteiger partial charge in [-0.2, -0.15) is 0 Å². The second kappa shape index (κ2) is 6.20. The normalized spacial score (nSPS) is 14.8. The number of hydrogen-bond acceptors (Lipinski definition) is 3. The van der Waals surface area contributed by atoms with Crippen LogP contribution in [-0.4, -0.2) is 17.6 Å². The van der Waals surface area contributed by atoms with E-state index in [4.69, 9.17) is 4.74 Å². The maximum absolute atomic E-state index is 11.9. The molecule has 0 aliphatic heterocycles. The summed E-state index contributed by atoms with van der Waals surface area (Å²) in [6, 6.07) is 8.07. The summed E-state index contributed by atoms with van der Waals surface area (Å²) in [6.45, 7) is 11.6. The van der Waals surface area contributed by atoms with Gasteiger partial charge in [0.1, 0.15) is 11.6 Å². The van der Waals surface area contributed by atoms with Crippen LogP contribution in [0.1, 0.15) is 51.8 Å². The number of aryl methyl sites for hydroxylation is 1. The van der Waals surface area contributed by atoms with Crippen molar-refractivity contribution < 1.29 is 9.53 Å². The molecule has 0 bridgehead atoms. The molecule has 0 aliphatic carbocycles. The van der Waals surface area contributed by atoms with Crippen LogP contribution in [0.25, 0.3) is 0 Å². The van der Waals surface area contributed by atoms with Gasteiger partial charge in [0.25, 0.3) is 0 Å². The first-order chi connectivity index (χ1) is 8.69.